The first kappa shape index (κ1) is 12.3. The minimum atomic E-state index is -0.542. The van der Waals surface area contributed by atoms with Crippen molar-refractivity contribution in [3.63, 3.8) is 0 Å². The van der Waals surface area contributed by atoms with E-state index in [-0.39, 0.29) is 0 Å². The van der Waals surface area contributed by atoms with E-state index >= 15 is 0 Å². The molecule has 5 heteroatoms. The van der Waals surface area contributed by atoms with Crippen LogP contribution in [0, 0.1) is 0 Å². The molecule has 1 aromatic rings. The lowest BCUT2D eigenvalue weighted by molar-refractivity contribution is 0.0996. The smallest absolute Gasteiger partial charge is 0.252 e. The zero-order chi connectivity index (χ0) is 12.1. The summed E-state index contributed by atoms with van der Waals surface area (Å²) in [6, 6.07) is 3.50. The van der Waals surface area contributed by atoms with Crippen molar-refractivity contribution in [2.75, 3.05) is 20.8 Å². The number of ether oxygens (including phenoxy) is 2. The Kier molecular flexibility index (Phi) is 4.13. The van der Waals surface area contributed by atoms with E-state index < -0.39 is 5.91 Å². The fourth-order valence-corrected chi connectivity index (χ4v) is 1.60. The molecule has 0 aliphatic carbocycles. The van der Waals surface area contributed by atoms with Gasteiger partial charge in [0.1, 0.15) is 0 Å². The average molecular weight is 224 g/mol. The van der Waals surface area contributed by atoms with Gasteiger partial charge in [0, 0.05) is 0 Å². The molecule has 0 aliphatic heterocycles. The third kappa shape index (κ3) is 2.25. The SMILES string of the molecule is COc1ccc(CCN)c(C(N)=O)c1OC. The predicted octanol–water partition coefficient (Wildman–Crippen LogP) is 0.304. The summed E-state index contributed by atoms with van der Waals surface area (Å²) >= 11 is 0. The highest BCUT2D eigenvalue weighted by Gasteiger charge is 2.18. The summed E-state index contributed by atoms with van der Waals surface area (Å²) in [4.78, 5) is 11.4. The quantitative estimate of drug-likeness (QED) is 0.753. The van der Waals surface area contributed by atoms with E-state index in [2.05, 4.69) is 0 Å². The maximum atomic E-state index is 11.4. The molecule has 1 aromatic carbocycles. The molecular formula is C11H16N2O3. The Bertz CT molecular complexity index is 391. The van der Waals surface area contributed by atoms with E-state index in [9.17, 15) is 4.79 Å². The summed E-state index contributed by atoms with van der Waals surface area (Å²) in [6.07, 6.45) is 0.568. The van der Waals surface area contributed by atoms with Crippen LogP contribution in [-0.4, -0.2) is 26.7 Å². The topological polar surface area (TPSA) is 87.6 Å². The van der Waals surface area contributed by atoms with Gasteiger partial charge in [-0.1, -0.05) is 6.07 Å². The molecule has 0 radical (unpaired) electrons. The Morgan fingerprint density at radius 1 is 1.31 bits per heavy atom. The van der Waals surface area contributed by atoms with Gasteiger partial charge >= 0.3 is 0 Å². The van der Waals surface area contributed by atoms with Crippen LogP contribution >= 0.6 is 0 Å². The summed E-state index contributed by atoms with van der Waals surface area (Å²) < 4.78 is 10.2. The number of amides is 1. The third-order valence-corrected chi connectivity index (χ3v) is 2.29. The highest BCUT2D eigenvalue weighted by molar-refractivity contribution is 5.98. The van der Waals surface area contributed by atoms with Crippen molar-refractivity contribution < 1.29 is 14.3 Å². The number of nitrogens with two attached hydrogens (primary N) is 2. The zero-order valence-corrected chi connectivity index (χ0v) is 9.45. The van der Waals surface area contributed by atoms with Gasteiger partial charge in [-0.15, -0.1) is 0 Å². The molecule has 0 saturated heterocycles. The predicted molar refractivity (Wildman–Crippen MR) is 60.8 cm³/mol. The van der Waals surface area contributed by atoms with Crippen molar-refractivity contribution in [2.24, 2.45) is 11.5 Å². The monoisotopic (exact) mass is 224 g/mol. The molecule has 0 unspecified atom stereocenters. The van der Waals surface area contributed by atoms with Gasteiger partial charge < -0.3 is 20.9 Å². The van der Waals surface area contributed by atoms with E-state index in [1.807, 2.05) is 0 Å². The van der Waals surface area contributed by atoms with Gasteiger partial charge in [0.15, 0.2) is 11.5 Å². The van der Waals surface area contributed by atoms with Gasteiger partial charge in [0.2, 0.25) is 0 Å². The maximum absolute atomic E-state index is 11.4. The summed E-state index contributed by atoms with van der Waals surface area (Å²) in [6.45, 7) is 0.440. The third-order valence-electron chi connectivity index (χ3n) is 2.29. The lowest BCUT2D eigenvalue weighted by Gasteiger charge is -2.14. The molecule has 0 atom stereocenters. The summed E-state index contributed by atoms with van der Waals surface area (Å²) in [5.74, 6) is 0.303. The normalized spacial score (nSPS) is 9.94. The van der Waals surface area contributed by atoms with Crippen LogP contribution in [0.4, 0.5) is 0 Å². The van der Waals surface area contributed by atoms with Crippen LogP contribution in [0.5, 0.6) is 11.5 Å². The first-order valence-corrected chi connectivity index (χ1v) is 4.89. The van der Waals surface area contributed by atoms with Crippen LogP contribution in [0.2, 0.25) is 0 Å². The van der Waals surface area contributed by atoms with Gasteiger partial charge in [-0.05, 0) is 24.6 Å². The molecule has 0 bridgehead atoms. The van der Waals surface area contributed by atoms with Crippen LogP contribution in [0.25, 0.3) is 0 Å². The Balaban J connectivity index is 3.37. The molecule has 88 valence electrons. The van der Waals surface area contributed by atoms with E-state index in [0.717, 1.165) is 5.56 Å². The number of carbonyl (C=O) groups is 1. The number of hydrogen-bond donors (Lipinski definition) is 2. The van der Waals surface area contributed by atoms with Gasteiger partial charge in [-0.3, -0.25) is 4.79 Å². The van der Waals surface area contributed by atoms with Crippen molar-refractivity contribution in [2.45, 2.75) is 6.42 Å². The second kappa shape index (κ2) is 5.37. The zero-order valence-electron chi connectivity index (χ0n) is 9.45. The molecule has 5 nitrogen and oxygen atoms in total. The van der Waals surface area contributed by atoms with Gasteiger partial charge in [0.25, 0.3) is 5.91 Å². The van der Waals surface area contributed by atoms with Crippen molar-refractivity contribution in [3.8, 4) is 11.5 Å². The Labute approximate surface area is 94.3 Å². The largest absolute Gasteiger partial charge is 0.493 e. The lowest BCUT2D eigenvalue weighted by atomic mass is 10.0. The second-order valence-electron chi connectivity index (χ2n) is 3.24. The number of benzene rings is 1. The molecule has 0 heterocycles. The van der Waals surface area contributed by atoms with Gasteiger partial charge in [-0.2, -0.15) is 0 Å². The number of rotatable bonds is 5. The van der Waals surface area contributed by atoms with Crippen molar-refractivity contribution in [1.29, 1.82) is 0 Å². The lowest BCUT2D eigenvalue weighted by Crippen LogP contribution is -2.17. The minimum Gasteiger partial charge on any atom is -0.493 e. The molecule has 0 aromatic heterocycles. The minimum absolute atomic E-state index is 0.340. The Morgan fingerprint density at radius 3 is 2.44 bits per heavy atom. The highest BCUT2D eigenvalue weighted by atomic mass is 16.5. The van der Waals surface area contributed by atoms with Gasteiger partial charge in [-0.25, -0.2) is 0 Å². The first-order chi connectivity index (χ1) is 7.65. The van der Waals surface area contributed by atoms with E-state index in [1.54, 1.807) is 12.1 Å². The van der Waals surface area contributed by atoms with Crippen molar-refractivity contribution in [3.05, 3.63) is 23.3 Å². The average Bonchev–Trinajstić information content (AvgIpc) is 2.28. The van der Waals surface area contributed by atoms with E-state index in [1.165, 1.54) is 14.2 Å². The van der Waals surface area contributed by atoms with Crippen molar-refractivity contribution >= 4 is 5.91 Å². The van der Waals surface area contributed by atoms with Crippen LogP contribution in [0.15, 0.2) is 12.1 Å². The molecule has 16 heavy (non-hydrogen) atoms. The van der Waals surface area contributed by atoms with Crippen LogP contribution in [-0.2, 0) is 6.42 Å². The molecule has 4 N–H and O–H groups in total. The molecule has 0 fully saturated rings. The molecule has 1 rings (SSSR count). The molecule has 0 aliphatic rings. The number of methoxy groups -OCH3 is 2. The number of primary amides is 1. The van der Waals surface area contributed by atoms with Gasteiger partial charge in [0.05, 0.1) is 19.8 Å². The Hall–Kier alpha value is -1.75. The van der Waals surface area contributed by atoms with Crippen molar-refractivity contribution in [1.82, 2.24) is 0 Å². The van der Waals surface area contributed by atoms with Crippen LogP contribution in [0.1, 0.15) is 15.9 Å². The molecule has 0 saturated carbocycles. The molecule has 1 amide bonds. The fraction of sp³-hybridized carbons (Fsp3) is 0.364. The highest BCUT2D eigenvalue weighted by Crippen LogP contribution is 2.33. The Morgan fingerprint density at radius 2 is 2.00 bits per heavy atom. The summed E-state index contributed by atoms with van der Waals surface area (Å²) in [5, 5.41) is 0. The number of hydrogen-bond acceptors (Lipinski definition) is 4. The van der Waals surface area contributed by atoms with E-state index in [0.29, 0.717) is 30.0 Å². The summed E-state index contributed by atoms with van der Waals surface area (Å²) in [7, 11) is 2.97. The van der Waals surface area contributed by atoms with Crippen LogP contribution in [0.3, 0.4) is 0 Å². The standard InChI is InChI=1S/C11H16N2O3/c1-15-8-4-3-7(5-6-12)9(11(13)14)10(8)16-2/h3-4H,5-6,12H2,1-2H3,(H2,13,14). The van der Waals surface area contributed by atoms with E-state index in [4.69, 9.17) is 20.9 Å². The second-order valence-corrected chi connectivity index (χ2v) is 3.24. The maximum Gasteiger partial charge on any atom is 0.252 e. The first-order valence-electron chi connectivity index (χ1n) is 4.89. The molecule has 0 spiro atoms. The van der Waals surface area contributed by atoms with Crippen LogP contribution < -0.4 is 20.9 Å². The molecular weight excluding hydrogens is 208 g/mol. The fourth-order valence-electron chi connectivity index (χ4n) is 1.60. The number of carbonyl (C=O) groups excluding carboxylic acids is 1. The summed E-state index contributed by atoms with van der Waals surface area (Å²) in [5.41, 5.74) is 11.9.